The lowest BCUT2D eigenvalue weighted by Gasteiger charge is -2.22. The van der Waals surface area contributed by atoms with E-state index in [1.165, 1.54) is 0 Å². The first kappa shape index (κ1) is 8.99. The van der Waals surface area contributed by atoms with Gasteiger partial charge in [0, 0.05) is 25.4 Å². The van der Waals surface area contributed by atoms with Crippen LogP contribution in [0.15, 0.2) is 18.3 Å². The van der Waals surface area contributed by atoms with Gasteiger partial charge in [0.05, 0.1) is 11.0 Å². The first-order valence-electron chi connectivity index (χ1n) is 4.90. The molecule has 2 aromatic rings. The third-order valence-corrected chi connectivity index (χ3v) is 2.48. The van der Waals surface area contributed by atoms with Crippen LogP contribution in [0.5, 0.6) is 5.88 Å². The van der Waals surface area contributed by atoms with E-state index in [2.05, 4.69) is 28.5 Å². The molecule has 2 N–H and O–H groups in total. The molecule has 0 unspecified atom stereocenters. The summed E-state index contributed by atoms with van der Waals surface area (Å²) in [5, 5.41) is 11.5. The summed E-state index contributed by atoms with van der Waals surface area (Å²) < 4.78 is 2.06. The Balaban J connectivity index is 2.50. The van der Waals surface area contributed by atoms with Gasteiger partial charge in [0.1, 0.15) is 0 Å². The molecule has 2 heterocycles. The van der Waals surface area contributed by atoms with E-state index in [-0.39, 0.29) is 5.88 Å². The zero-order chi connectivity index (χ0) is 10.1. The van der Waals surface area contributed by atoms with Gasteiger partial charge in [-0.1, -0.05) is 0 Å². The fourth-order valence-electron chi connectivity index (χ4n) is 1.76. The normalized spacial score (nSPS) is 11.0. The van der Waals surface area contributed by atoms with Crippen LogP contribution >= 0.6 is 0 Å². The molecule has 0 aromatic carbocycles. The number of hydrogen-bond acceptors (Lipinski definition) is 2. The van der Waals surface area contributed by atoms with E-state index in [1.54, 1.807) is 6.07 Å². The number of aromatic amines is 1. The van der Waals surface area contributed by atoms with Crippen molar-refractivity contribution in [1.29, 1.82) is 0 Å². The SMILES string of the molecule is CCN(CC)n1ccc2[nH]c(O)cc21. The predicted octanol–water partition coefficient (Wildman–Crippen LogP) is 1.65. The summed E-state index contributed by atoms with van der Waals surface area (Å²) in [6, 6.07) is 3.71. The average Bonchev–Trinajstić information content (AvgIpc) is 2.68. The summed E-state index contributed by atoms with van der Waals surface area (Å²) >= 11 is 0. The smallest absolute Gasteiger partial charge is 0.190 e. The molecule has 4 heteroatoms. The van der Waals surface area contributed by atoms with Crippen molar-refractivity contribution in [2.75, 3.05) is 18.1 Å². The van der Waals surface area contributed by atoms with Gasteiger partial charge in [0.15, 0.2) is 5.88 Å². The van der Waals surface area contributed by atoms with Crippen molar-refractivity contribution in [2.45, 2.75) is 13.8 Å². The quantitative estimate of drug-likeness (QED) is 0.778. The highest BCUT2D eigenvalue weighted by Gasteiger charge is 2.08. The molecule has 0 aliphatic carbocycles. The van der Waals surface area contributed by atoms with Crippen LogP contribution in [0.4, 0.5) is 0 Å². The molecule has 0 bridgehead atoms. The molecule has 0 saturated heterocycles. The second-order valence-electron chi connectivity index (χ2n) is 3.25. The lowest BCUT2D eigenvalue weighted by molar-refractivity contribution is 0.458. The number of H-pyrrole nitrogens is 1. The highest BCUT2D eigenvalue weighted by atomic mass is 16.3. The molecule has 0 aliphatic heterocycles. The summed E-state index contributed by atoms with van der Waals surface area (Å²) in [6.07, 6.45) is 2.01. The van der Waals surface area contributed by atoms with E-state index in [0.29, 0.717) is 0 Å². The van der Waals surface area contributed by atoms with Crippen molar-refractivity contribution in [1.82, 2.24) is 9.66 Å². The molecule has 2 rings (SSSR count). The number of nitrogens with one attached hydrogen (secondary N) is 1. The maximum atomic E-state index is 9.31. The fourth-order valence-corrected chi connectivity index (χ4v) is 1.76. The zero-order valence-electron chi connectivity index (χ0n) is 8.49. The minimum atomic E-state index is 0.219. The summed E-state index contributed by atoms with van der Waals surface area (Å²) in [7, 11) is 0. The molecule has 2 aromatic heterocycles. The van der Waals surface area contributed by atoms with Crippen molar-refractivity contribution in [3.05, 3.63) is 18.3 Å². The van der Waals surface area contributed by atoms with Crippen LogP contribution in [0.1, 0.15) is 13.8 Å². The minimum Gasteiger partial charge on any atom is -0.495 e. The highest BCUT2D eigenvalue weighted by molar-refractivity contribution is 5.79. The van der Waals surface area contributed by atoms with E-state index in [9.17, 15) is 5.11 Å². The zero-order valence-corrected chi connectivity index (χ0v) is 8.49. The number of nitrogens with zero attached hydrogens (tertiary/aromatic N) is 2. The van der Waals surface area contributed by atoms with Gasteiger partial charge >= 0.3 is 0 Å². The van der Waals surface area contributed by atoms with E-state index in [4.69, 9.17) is 0 Å². The molecule has 0 aliphatic rings. The number of fused-ring (bicyclic) bond motifs is 1. The Morgan fingerprint density at radius 1 is 1.43 bits per heavy atom. The molecule has 0 fully saturated rings. The standard InChI is InChI=1S/C10H15N3O/c1-3-12(4-2)13-6-5-8-9(13)7-10(14)11-8/h5-7,11,14H,3-4H2,1-2H3. The summed E-state index contributed by atoms with van der Waals surface area (Å²) in [6.45, 7) is 6.13. The predicted molar refractivity (Wildman–Crippen MR) is 57.3 cm³/mol. The Bertz CT molecular complexity index is 425. The number of aromatic nitrogens is 2. The second-order valence-corrected chi connectivity index (χ2v) is 3.25. The van der Waals surface area contributed by atoms with Crippen LogP contribution in [0, 0.1) is 0 Å². The van der Waals surface area contributed by atoms with Gasteiger partial charge in [-0.05, 0) is 19.9 Å². The summed E-state index contributed by atoms with van der Waals surface area (Å²) in [5.41, 5.74) is 1.99. The van der Waals surface area contributed by atoms with E-state index in [1.807, 2.05) is 12.3 Å². The third-order valence-electron chi connectivity index (χ3n) is 2.48. The molecule has 14 heavy (non-hydrogen) atoms. The van der Waals surface area contributed by atoms with Crippen LogP contribution in [0.25, 0.3) is 11.0 Å². The van der Waals surface area contributed by atoms with Gasteiger partial charge in [-0.2, -0.15) is 0 Å². The van der Waals surface area contributed by atoms with Gasteiger partial charge in [-0.25, -0.2) is 0 Å². The summed E-state index contributed by atoms with van der Waals surface area (Å²) in [5.74, 6) is 0.219. The third kappa shape index (κ3) is 1.23. The number of rotatable bonds is 3. The van der Waals surface area contributed by atoms with E-state index in [0.717, 1.165) is 24.1 Å². The van der Waals surface area contributed by atoms with E-state index < -0.39 is 0 Å². The lowest BCUT2D eigenvalue weighted by Crippen LogP contribution is -2.33. The van der Waals surface area contributed by atoms with Crippen molar-refractivity contribution >= 4 is 11.0 Å². The molecule has 0 radical (unpaired) electrons. The van der Waals surface area contributed by atoms with Crippen molar-refractivity contribution < 1.29 is 5.11 Å². The molecule has 0 saturated carbocycles. The molecule has 0 spiro atoms. The first-order valence-corrected chi connectivity index (χ1v) is 4.90. The lowest BCUT2D eigenvalue weighted by atomic mass is 10.5. The topological polar surface area (TPSA) is 44.2 Å². The van der Waals surface area contributed by atoms with Crippen molar-refractivity contribution in [3.8, 4) is 5.88 Å². The summed E-state index contributed by atoms with van der Waals surface area (Å²) in [4.78, 5) is 2.89. The number of hydrogen-bond donors (Lipinski definition) is 2. The van der Waals surface area contributed by atoms with Gasteiger partial charge in [0.25, 0.3) is 0 Å². The molecule has 0 amide bonds. The maximum absolute atomic E-state index is 9.31. The second kappa shape index (κ2) is 3.29. The Morgan fingerprint density at radius 3 is 2.79 bits per heavy atom. The van der Waals surface area contributed by atoms with Crippen LogP contribution in [-0.4, -0.2) is 27.9 Å². The molecule has 4 nitrogen and oxygen atoms in total. The van der Waals surface area contributed by atoms with Gasteiger partial charge in [0.2, 0.25) is 0 Å². The monoisotopic (exact) mass is 193 g/mol. The Kier molecular flexibility index (Phi) is 2.11. The molecular weight excluding hydrogens is 178 g/mol. The number of aromatic hydroxyl groups is 1. The minimum absolute atomic E-state index is 0.219. The molecule has 0 atom stereocenters. The van der Waals surface area contributed by atoms with Gasteiger partial charge in [-0.3, -0.25) is 4.68 Å². The van der Waals surface area contributed by atoms with E-state index >= 15 is 0 Å². The highest BCUT2D eigenvalue weighted by Crippen LogP contribution is 2.20. The van der Waals surface area contributed by atoms with Crippen molar-refractivity contribution in [3.63, 3.8) is 0 Å². The van der Waals surface area contributed by atoms with Crippen LogP contribution in [-0.2, 0) is 0 Å². The molecular formula is C10H15N3O. The fraction of sp³-hybridized carbons (Fsp3) is 0.400. The van der Waals surface area contributed by atoms with Crippen LogP contribution < -0.4 is 5.01 Å². The average molecular weight is 193 g/mol. The Labute approximate surface area is 82.7 Å². The van der Waals surface area contributed by atoms with Gasteiger partial charge in [-0.15, -0.1) is 0 Å². The maximum Gasteiger partial charge on any atom is 0.190 e. The van der Waals surface area contributed by atoms with Crippen molar-refractivity contribution in [2.24, 2.45) is 0 Å². The Morgan fingerprint density at radius 2 is 2.14 bits per heavy atom. The largest absolute Gasteiger partial charge is 0.495 e. The van der Waals surface area contributed by atoms with Crippen LogP contribution in [0.2, 0.25) is 0 Å². The van der Waals surface area contributed by atoms with Crippen LogP contribution in [0.3, 0.4) is 0 Å². The Hall–Kier alpha value is -1.58. The first-order chi connectivity index (χ1) is 6.76. The molecule has 76 valence electrons. The van der Waals surface area contributed by atoms with Gasteiger partial charge < -0.3 is 15.1 Å².